The van der Waals surface area contributed by atoms with Crippen molar-refractivity contribution in [3.05, 3.63) is 34.9 Å². The van der Waals surface area contributed by atoms with Crippen molar-refractivity contribution in [3.63, 3.8) is 0 Å². The van der Waals surface area contributed by atoms with Gasteiger partial charge in [0.05, 0.1) is 6.26 Å². The first-order valence-corrected chi connectivity index (χ1v) is 6.99. The number of carbonyl (C=O) groups is 1. The van der Waals surface area contributed by atoms with Crippen LogP contribution < -0.4 is 4.72 Å². The predicted molar refractivity (Wildman–Crippen MR) is 64.6 cm³/mol. The normalized spacial score (nSPS) is 13.3. The number of sulfonamides is 1. The molecule has 0 bridgehead atoms. The van der Waals surface area contributed by atoms with Crippen LogP contribution in [0.5, 0.6) is 0 Å². The third kappa shape index (κ3) is 5.16. The molecule has 0 saturated carbocycles. The number of nitrogens with one attached hydrogen (secondary N) is 1. The molecule has 0 aliphatic carbocycles. The zero-order chi connectivity index (χ0) is 13.1. The van der Waals surface area contributed by atoms with Crippen LogP contribution in [0.1, 0.15) is 5.56 Å². The van der Waals surface area contributed by atoms with Crippen molar-refractivity contribution in [1.82, 2.24) is 4.72 Å². The zero-order valence-corrected chi connectivity index (χ0v) is 10.6. The van der Waals surface area contributed by atoms with Crippen LogP contribution in [-0.2, 0) is 21.2 Å². The molecule has 0 aromatic heterocycles. The van der Waals surface area contributed by atoms with Gasteiger partial charge in [-0.05, 0) is 24.1 Å². The second-order valence-corrected chi connectivity index (χ2v) is 5.83. The monoisotopic (exact) mass is 277 g/mol. The first-order chi connectivity index (χ1) is 7.78. The van der Waals surface area contributed by atoms with Gasteiger partial charge in [0.25, 0.3) is 0 Å². The van der Waals surface area contributed by atoms with Crippen molar-refractivity contribution in [2.75, 3.05) is 6.26 Å². The summed E-state index contributed by atoms with van der Waals surface area (Å²) in [5.41, 5.74) is 0.693. The molecule has 0 amide bonds. The molecule has 0 heterocycles. The Morgan fingerprint density at radius 3 is 2.35 bits per heavy atom. The molecule has 17 heavy (non-hydrogen) atoms. The lowest BCUT2D eigenvalue weighted by atomic mass is 10.1. The molecule has 5 nitrogen and oxygen atoms in total. The minimum absolute atomic E-state index is 0.0690. The summed E-state index contributed by atoms with van der Waals surface area (Å²) < 4.78 is 24.0. The fraction of sp³-hybridized carbons (Fsp3) is 0.300. The number of hydrogen-bond acceptors (Lipinski definition) is 3. The van der Waals surface area contributed by atoms with Gasteiger partial charge < -0.3 is 5.11 Å². The molecule has 0 fully saturated rings. The van der Waals surface area contributed by atoms with E-state index in [9.17, 15) is 13.2 Å². The summed E-state index contributed by atoms with van der Waals surface area (Å²) in [7, 11) is -3.55. The van der Waals surface area contributed by atoms with Gasteiger partial charge in [-0.3, -0.25) is 4.79 Å². The van der Waals surface area contributed by atoms with Crippen LogP contribution in [0.2, 0.25) is 5.02 Å². The quantitative estimate of drug-likeness (QED) is 0.837. The highest BCUT2D eigenvalue weighted by Crippen LogP contribution is 2.11. The molecular formula is C10H12ClNO4S. The van der Waals surface area contributed by atoms with Gasteiger partial charge in [-0.15, -0.1) is 0 Å². The van der Waals surface area contributed by atoms with E-state index >= 15 is 0 Å². The third-order valence-electron chi connectivity index (χ3n) is 2.01. The van der Waals surface area contributed by atoms with Crippen molar-refractivity contribution in [2.24, 2.45) is 0 Å². The summed E-state index contributed by atoms with van der Waals surface area (Å²) in [6, 6.07) is 5.38. The summed E-state index contributed by atoms with van der Waals surface area (Å²) in [5.74, 6) is -1.22. The summed E-state index contributed by atoms with van der Waals surface area (Å²) in [6.45, 7) is 0. The number of halogens is 1. The Kier molecular flexibility index (Phi) is 4.50. The van der Waals surface area contributed by atoms with Gasteiger partial charge in [0.1, 0.15) is 6.04 Å². The van der Waals surface area contributed by atoms with E-state index in [4.69, 9.17) is 16.7 Å². The number of hydrogen-bond donors (Lipinski definition) is 2. The molecule has 1 rings (SSSR count). The summed E-state index contributed by atoms with van der Waals surface area (Å²) >= 11 is 5.69. The Hall–Kier alpha value is -1.11. The molecule has 2 N–H and O–H groups in total. The second-order valence-electron chi connectivity index (χ2n) is 3.61. The maximum Gasteiger partial charge on any atom is 0.322 e. The average molecular weight is 278 g/mol. The SMILES string of the molecule is CS(=O)(=O)N[C@@H](Cc1ccc(Cl)cc1)C(=O)O. The Morgan fingerprint density at radius 1 is 1.41 bits per heavy atom. The predicted octanol–water partition coefficient (Wildman–Crippen LogP) is 0.885. The summed E-state index contributed by atoms with van der Waals surface area (Å²) in [5, 5.41) is 9.44. The Balaban J connectivity index is 2.80. The molecule has 1 aromatic rings. The topological polar surface area (TPSA) is 83.5 Å². The Bertz CT molecular complexity index is 498. The molecule has 0 radical (unpaired) electrons. The van der Waals surface area contributed by atoms with Gasteiger partial charge >= 0.3 is 5.97 Å². The van der Waals surface area contributed by atoms with Crippen LogP contribution in [-0.4, -0.2) is 31.8 Å². The average Bonchev–Trinajstić information content (AvgIpc) is 2.18. The van der Waals surface area contributed by atoms with Gasteiger partial charge in [0.2, 0.25) is 10.0 Å². The van der Waals surface area contributed by atoms with Gasteiger partial charge in [0.15, 0.2) is 0 Å². The summed E-state index contributed by atoms with van der Waals surface area (Å²) in [6.07, 6.45) is 0.990. The largest absolute Gasteiger partial charge is 0.480 e. The molecule has 0 spiro atoms. The highest BCUT2D eigenvalue weighted by Gasteiger charge is 2.21. The summed E-state index contributed by atoms with van der Waals surface area (Å²) in [4.78, 5) is 10.9. The highest BCUT2D eigenvalue weighted by molar-refractivity contribution is 7.88. The van der Waals surface area contributed by atoms with Crippen LogP contribution in [0.25, 0.3) is 0 Å². The van der Waals surface area contributed by atoms with E-state index in [1.54, 1.807) is 24.3 Å². The first kappa shape index (κ1) is 14.0. The molecule has 0 aliphatic heterocycles. The van der Waals surface area contributed by atoms with E-state index in [1.165, 1.54) is 0 Å². The second kappa shape index (κ2) is 5.48. The number of aliphatic carboxylic acids is 1. The zero-order valence-electron chi connectivity index (χ0n) is 9.05. The standard InChI is InChI=1S/C10H12ClNO4S/c1-17(15,16)12-9(10(13)14)6-7-2-4-8(11)5-3-7/h2-5,9,12H,6H2,1H3,(H,13,14)/t9-/m0/s1. The van der Waals surface area contributed by atoms with Crippen LogP contribution in [0.3, 0.4) is 0 Å². The van der Waals surface area contributed by atoms with Crippen LogP contribution in [0, 0.1) is 0 Å². The first-order valence-electron chi connectivity index (χ1n) is 4.72. The Labute approximate surface area is 104 Å². The lowest BCUT2D eigenvalue weighted by molar-refractivity contribution is -0.138. The molecule has 94 valence electrons. The fourth-order valence-electron chi connectivity index (χ4n) is 1.29. The maximum absolute atomic E-state index is 11.0. The van der Waals surface area contributed by atoms with E-state index in [-0.39, 0.29) is 6.42 Å². The molecule has 0 saturated heterocycles. The third-order valence-corrected chi connectivity index (χ3v) is 2.97. The van der Waals surface area contributed by atoms with Gasteiger partial charge in [-0.25, -0.2) is 13.1 Å². The van der Waals surface area contributed by atoms with Crippen molar-refractivity contribution >= 4 is 27.6 Å². The minimum atomic E-state index is -3.55. The molecular weight excluding hydrogens is 266 g/mol. The van der Waals surface area contributed by atoms with Crippen molar-refractivity contribution in [2.45, 2.75) is 12.5 Å². The lowest BCUT2D eigenvalue weighted by Crippen LogP contribution is -2.41. The molecule has 1 atom stereocenters. The van der Waals surface area contributed by atoms with Gasteiger partial charge in [-0.2, -0.15) is 0 Å². The van der Waals surface area contributed by atoms with Crippen LogP contribution >= 0.6 is 11.6 Å². The Morgan fingerprint density at radius 2 is 1.94 bits per heavy atom. The van der Waals surface area contributed by atoms with Gasteiger partial charge in [-0.1, -0.05) is 23.7 Å². The van der Waals surface area contributed by atoms with Crippen molar-refractivity contribution in [3.8, 4) is 0 Å². The maximum atomic E-state index is 11.0. The van der Waals surface area contributed by atoms with Crippen molar-refractivity contribution < 1.29 is 18.3 Å². The number of carboxylic acid groups (broad SMARTS) is 1. The number of benzene rings is 1. The van der Waals surface area contributed by atoms with E-state index < -0.39 is 22.0 Å². The van der Waals surface area contributed by atoms with E-state index in [1.807, 2.05) is 0 Å². The number of rotatable bonds is 5. The smallest absolute Gasteiger partial charge is 0.322 e. The molecule has 0 unspecified atom stereocenters. The van der Waals surface area contributed by atoms with Crippen LogP contribution in [0.4, 0.5) is 0 Å². The fourth-order valence-corrected chi connectivity index (χ4v) is 2.12. The van der Waals surface area contributed by atoms with Crippen molar-refractivity contribution in [1.29, 1.82) is 0 Å². The molecule has 1 aromatic carbocycles. The van der Waals surface area contributed by atoms with E-state index in [0.717, 1.165) is 6.26 Å². The van der Waals surface area contributed by atoms with E-state index in [0.29, 0.717) is 10.6 Å². The van der Waals surface area contributed by atoms with Crippen LogP contribution in [0.15, 0.2) is 24.3 Å². The van der Waals surface area contributed by atoms with E-state index in [2.05, 4.69) is 4.72 Å². The lowest BCUT2D eigenvalue weighted by Gasteiger charge is -2.12. The molecule has 0 aliphatic rings. The molecule has 7 heteroatoms. The minimum Gasteiger partial charge on any atom is -0.480 e. The number of carboxylic acids is 1. The highest BCUT2D eigenvalue weighted by atomic mass is 35.5. The van der Waals surface area contributed by atoms with Gasteiger partial charge in [0, 0.05) is 5.02 Å².